The molecule has 1 aliphatic carbocycles. The van der Waals surface area contributed by atoms with Gasteiger partial charge >= 0.3 is 6.03 Å². The number of carbonyl (C=O) groups excluding carboxylic acids is 3. The van der Waals surface area contributed by atoms with E-state index in [0.717, 1.165) is 23.3 Å². The normalized spacial score (nSPS) is 19.0. The van der Waals surface area contributed by atoms with Crippen LogP contribution in [0.3, 0.4) is 0 Å². The number of urea groups is 1. The first kappa shape index (κ1) is 16.4. The quantitative estimate of drug-likeness (QED) is 0.822. The Balaban J connectivity index is 1.57. The van der Waals surface area contributed by atoms with Crippen molar-refractivity contribution in [2.45, 2.75) is 44.7 Å². The van der Waals surface area contributed by atoms with Crippen molar-refractivity contribution in [3.8, 4) is 0 Å². The van der Waals surface area contributed by atoms with Gasteiger partial charge in [0.25, 0.3) is 5.91 Å². The van der Waals surface area contributed by atoms with Crippen LogP contribution in [0.15, 0.2) is 18.2 Å². The highest BCUT2D eigenvalue weighted by Gasteiger charge is 2.52. The van der Waals surface area contributed by atoms with Crippen LogP contribution in [0.5, 0.6) is 0 Å². The van der Waals surface area contributed by atoms with Crippen LogP contribution >= 0.6 is 0 Å². The van der Waals surface area contributed by atoms with E-state index >= 15 is 0 Å². The van der Waals surface area contributed by atoms with Gasteiger partial charge in [0.2, 0.25) is 5.91 Å². The van der Waals surface area contributed by atoms with Gasteiger partial charge in [-0.1, -0.05) is 25.0 Å². The summed E-state index contributed by atoms with van der Waals surface area (Å²) in [4.78, 5) is 37.5. The number of nitrogens with one attached hydrogen (secondary N) is 2. The maximum Gasteiger partial charge on any atom is 0.325 e. The number of imide groups is 1. The van der Waals surface area contributed by atoms with Crippen LogP contribution in [0.25, 0.3) is 0 Å². The molecule has 0 bridgehead atoms. The number of hydrogen-bond acceptors (Lipinski definition) is 3. The molecule has 0 aromatic heterocycles. The molecule has 4 amide bonds. The van der Waals surface area contributed by atoms with Gasteiger partial charge in [-0.2, -0.15) is 0 Å². The van der Waals surface area contributed by atoms with Crippen molar-refractivity contribution in [3.05, 3.63) is 35.1 Å². The summed E-state index contributed by atoms with van der Waals surface area (Å²) in [6, 6.07) is 4.08. The van der Waals surface area contributed by atoms with Crippen molar-refractivity contribution in [3.63, 3.8) is 0 Å². The number of halogens is 1. The summed E-state index contributed by atoms with van der Waals surface area (Å²) in [7, 11) is 0. The van der Waals surface area contributed by atoms with Gasteiger partial charge in [-0.25, -0.2) is 9.18 Å². The molecule has 2 fully saturated rings. The fraction of sp³-hybridized carbons (Fsp3) is 0.471. The molecule has 7 heteroatoms. The number of amides is 4. The molecule has 24 heavy (non-hydrogen) atoms. The zero-order valence-corrected chi connectivity index (χ0v) is 13.5. The van der Waals surface area contributed by atoms with Crippen molar-refractivity contribution >= 4 is 17.8 Å². The lowest BCUT2D eigenvalue weighted by Crippen LogP contribution is -2.45. The highest BCUT2D eigenvalue weighted by molar-refractivity contribution is 6.09. The fourth-order valence-corrected chi connectivity index (χ4v) is 3.35. The van der Waals surface area contributed by atoms with Gasteiger partial charge in [-0.3, -0.25) is 14.5 Å². The summed E-state index contributed by atoms with van der Waals surface area (Å²) in [5, 5.41) is 5.40. The number of aryl methyl sites for hydroxylation is 1. The predicted octanol–water partition coefficient (Wildman–Crippen LogP) is 1.61. The zero-order chi connectivity index (χ0) is 17.3. The number of rotatable bonds is 4. The van der Waals surface area contributed by atoms with Crippen molar-refractivity contribution in [2.75, 3.05) is 6.54 Å². The van der Waals surface area contributed by atoms with Crippen LogP contribution in [-0.4, -0.2) is 34.8 Å². The Bertz CT molecular complexity index is 698. The van der Waals surface area contributed by atoms with E-state index in [1.165, 1.54) is 6.07 Å². The Kier molecular flexibility index (Phi) is 4.26. The molecular formula is C17H20FN3O3. The molecule has 6 nitrogen and oxygen atoms in total. The zero-order valence-electron chi connectivity index (χ0n) is 13.5. The second-order valence-corrected chi connectivity index (χ2v) is 6.47. The molecule has 1 saturated heterocycles. The highest BCUT2D eigenvalue weighted by Crippen LogP contribution is 2.34. The van der Waals surface area contributed by atoms with E-state index in [-0.39, 0.29) is 24.8 Å². The Labute approximate surface area is 139 Å². The van der Waals surface area contributed by atoms with E-state index < -0.39 is 17.5 Å². The van der Waals surface area contributed by atoms with Crippen LogP contribution in [0, 0.1) is 12.7 Å². The Morgan fingerprint density at radius 3 is 2.71 bits per heavy atom. The van der Waals surface area contributed by atoms with Crippen LogP contribution in [0.1, 0.15) is 36.8 Å². The molecule has 1 heterocycles. The second kappa shape index (κ2) is 6.22. The van der Waals surface area contributed by atoms with Crippen molar-refractivity contribution in [2.24, 2.45) is 0 Å². The monoisotopic (exact) mass is 333 g/mol. The number of nitrogens with zero attached hydrogens (tertiary/aromatic N) is 1. The number of hydrogen-bond donors (Lipinski definition) is 2. The first-order valence-electron chi connectivity index (χ1n) is 8.07. The number of carbonyl (C=O) groups is 3. The third kappa shape index (κ3) is 2.98. The van der Waals surface area contributed by atoms with Gasteiger partial charge in [0.15, 0.2) is 0 Å². The molecule has 1 aromatic carbocycles. The Morgan fingerprint density at radius 2 is 2.04 bits per heavy atom. The van der Waals surface area contributed by atoms with E-state index in [4.69, 9.17) is 0 Å². The molecule has 0 radical (unpaired) electrons. The fourth-order valence-electron chi connectivity index (χ4n) is 3.35. The predicted molar refractivity (Wildman–Crippen MR) is 84.4 cm³/mol. The van der Waals surface area contributed by atoms with Crippen LogP contribution < -0.4 is 10.6 Å². The number of benzene rings is 1. The smallest absolute Gasteiger partial charge is 0.325 e. The average Bonchev–Trinajstić information content (AvgIpc) is 3.10. The molecule has 2 aliphatic rings. The summed E-state index contributed by atoms with van der Waals surface area (Å²) in [5.74, 6) is -1.03. The first-order chi connectivity index (χ1) is 11.4. The lowest BCUT2D eigenvalue weighted by Gasteiger charge is -2.19. The van der Waals surface area contributed by atoms with Crippen molar-refractivity contribution < 1.29 is 18.8 Å². The molecule has 2 N–H and O–H groups in total. The minimum absolute atomic E-state index is 0.217. The minimum Gasteiger partial charge on any atom is -0.350 e. The highest BCUT2D eigenvalue weighted by atomic mass is 19.1. The summed E-state index contributed by atoms with van der Waals surface area (Å²) in [5.41, 5.74) is 0.455. The summed E-state index contributed by atoms with van der Waals surface area (Å²) < 4.78 is 13.2. The second-order valence-electron chi connectivity index (χ2n) is 6.47. The lowest BCUT2D eigenvalue weighted by molar-refractivity contribution is -0.134. The van der Waals surface area contributed by atoms with Crippen molar-refractivity contribution in [1.82, 2.24) is 15.5 Å². The molecule has 0 atom stereocenters. The Morgan fingerprint density at radius 1 is 1.33 bits per heavy atom. The molecule has 1 saturated carbocycles. The topological polar surface area (TPSA) is 78.5 Å². The van der Waals surface area contributed by atoms with Crippen molar-refractivity contribution in [1.29, 1.82) is 0 Å². The molecule has 128 valence electrons. The third-order valence-electron chi connectivity index (χ3n) is 4.72. The van der Waals surface area contributed by atoms with Gasteiger partial charge in [-0.15, -0.1) is 0 Å². The van der Waals surface area contributed by atoms with E-state index in [9.17, 15) is 18.8 Å². The molecule has 1 spiro atoms. The molecule has 0 unspecified atom stereocenters. The summed E-state index contributed by atoms with van der Waals surface area (Å²) >= 11 is 0. The van der Waals surface area contributed by atoms with Gasteiger partial charge in [0.05, 0.1) is 0 Å². The standard InChI is InChI=1S/C17H20FN3O3/c1-11-8-12(4-5-13(11)18)9-19-14(22)10-21-15(23)17(20-16(21)24)6-2-3-7-17/h4-5,8H,2-3,6-7,9-10H2,1H3,(H,19,22)(H,20,24). The maximum atomic E-state index is 13.2. The van der Waals surface area contributed by atoms with Gasteiger partial charge in [0, 0.05) is 6.54 Å². The summed E-state index contributed by atoms with van der Waals surface area (Å²) in [6.07, 6.45) is 3.06. The van der Waals surface area contributed by atoms with Gasteiger partial charge in [0.1, 0.15) is 17.9 Å². The van der Waals surface area contributed by atoms with Crippen LogP contribution in [-0.2, 0) is 16.1 Å². The van der Waals surface area contributed by atoms with E-state index in [2.05, 4.69) is 10.6 Å². The summed E-state index contributed by atoms with van der Waals surface area (Å²) in [6.45, 7) is 1.57. The SMILES string of the molecule is Cc1cc(CNC(=O)CN2C(=O)NC3(CCCC3)C2=O)ccc1F. The average molecular weight is 333 g/mol. The molecular weight excluding hydrogens is 313 g/mol. The van der Waals surface area contributed by atoms with Crippen LogP contribution in [0.4, 0.5) is 9.18 Å². The molecule has 3 rings (SSSR count). The molecule has 1 aliphatic heterocycles. The lowest BCUT2D eigenvalue weighted by atomic mass is 9.98. The Hall–Kier alpha value is -2.44. The first-order valence-corrected chi connectivity index (χ1v) is 8.07. The van der Waals surface area contributed by atoms with E-state index in [1.807, 2.05) is 0 Å². The largest absolute Gasteiger partial charge is 0.350 e. The maximum absolute atomic E-state index is 13.2. The third-order valence-corrected chi connectivity index (χ3v) is 4.72. The van der Waals surface area contributed by atoms with E-state index in [0.29, 0.717) is 18.4 Å². The minimum atomic E-state index is -0.800. The van der Waals surface area contributed by atoms with E-state index in [1.54, 1.807) is 19.1 Å². The van der Waals surface area contributed by atoms with Gasteiger partial charge < -0.3 is 10.6 Å². The van der Waals surface area contributed by atoms with Gasteiger partial charge in [-0.05, 0) is 37.0 Å². The van der Waals surface area contributed by atoms with Crippen LogP contribution in [0.2, 0.25) is 0 Å². The molecule has 1 aromatic rings.